The molecule has 0 bridgehead atoms. The van der Waals surface area contributed by atoms with Crippen LogP contribution < -0.4 is 5.32 Å². The molecule has 0 atom stereocenters. The number of rotatable bonds is 8. The Labute approximate surface area is 156 Å². The lowest BCUT2D eigenvalue weighted by Crippen LogP contribution is -2.38. The van der Waals surface area contributed by atoms with Gasteiger partial charge in [-0.05, 0) is 54.7 Å². The molecule has 0 aromatic carbocycles. The minimum Gasteiger partial charge on any atom is -0.356 e. The molecule has 1 aliphatic heterocycles. The molecule has 25 heavy (non-hydrogen) atoms. The molecule has 1 fully saturated rings. The van der Waals surface area contributed by atoms with Gasteiger partial charge in [0, 0.05) is 30.8 Å². The second-order valence-electron chi connectivity index (χ2n) is 6.50. The Balaban J connectivity index is 1.30. The summed E-state index contributed by atoms with van der Waals surface area (Å²) in [5.74, 6) is 0.606. The van der Waals surface area contributed by atoms with Crippen LogP contribution >= 0.6 is 22.7 Å². The van der Waals surface area contributed by atoms with Crippen molar-refractivity contribution in [2.24, 2.45) is 5.92 Å². The molecule has 0 spiro atoms. The topological polar surface area (TPSA) is 49.4 Å². The molecule has 1 N–H and O–H groups in total. The number of carbonyl (C=O) groups excluding carboxylic acids is 2. The van der Waals surface area contributed by atoms with E-state index in [0.29, 0.717) is 12.3 Å². The number of Topliss-reactive ketones (excluding diaryl/α,β-unsaturated/α-hetero) is 1. The molecule has 3 heterocycles. The van der Waals surface area contributed by atoms with Crippen LogP contribution in [0, 0.1) is 5.92 Å². The molecule has 134 valence electrons. The molecule has 6 heteroatoms. The van der Waals surface area contributed by atoms with Crippen molar-refractivity contribution in [1.82, 2.24) is 10.2 Å². The van der Waals surface area contributed by atoms with Crippen molar-refractivity contribution < 1.29 is 9.59 Å². The number of hydrogen-bond donors (Lipinski definition) is 1. The summed E-state index contributed by atoms with van der Waals surface area (Å²) in [6.07, 6.45) is 2.83. The number of nitrogens with zero attached hydrogens (tertiary/aromatic N) is 1. The largest absolute Gasteiger partial charge is 0.356 e. The molecule has 2 aromatic rings. The first-order valence-electron chi connectivity index (χ1n) is 8.79. The van der Waals surface area contributed by atoms with Gasteiger partial charge in [-0.1, -0.05) is 12.1 Å². The summed E-state index contributed by atoms with van der Waals surface area (Å²) < 4.78 is 0. The fourth-order valence-electron chi connectivity index (χ4n) is 3.11. The molecule has 3 rings (SSSR count). The molecule has 0 saturated carbocycles. The van der Waals surface area contributed by atoms with E-state index in [4.69, 9.17) is 0 Å². The lowest BCUT2D eigenvalue weighted by molar-refractivity contribution is -0.121. The zero-order valence-corrected chi connectivity index (χ0v) is 15.9. The summed E-state index contributed by atoms with van der Waals surface area (Å²) in [5.41, 5.74) is 0. The van der Waals surface area contributed by atoms with Crippen molar-refractivity contribution in [1.29, 1.82) is 0 Å². The number of piperidine rings is 1. The van der Waals surface area contributed by atoms with Crippen molar-refractivity contribution in [3.63, 3.8) is 0 Å². The van der Waals surface area contributed by atoms with Crippen molar-refractivity contribution in [3.05, 3.63) is 44.8 Å². The number of ketones is 1. The van der Waals surface area contributed by atoms with Crippen LogP contribution in [-0.2, 0) is 11.3 Å². The normalized spacial score (nSPS) is 16.0. The molecule has 1 aliphatic rings. The van der Waals surface area contributed by atoms with Gasteiger partial charge in [0.25, 0.3) is 0 Å². The number of nitrogens with one attached hydrogen (secondary N) is 1. The first-order valence-corrected chi connectivity index (χ1v) is 10.5. The fourth-order valence-corrected chi connectivity index (χ4v) is 4.55. The van der Waals surface area contributed by atoms with E-state index in [1.807, 2.05) is 28.8 Å². The van der Waals surface area contributed by atoms with Crippen molar-refractivity contribution in [2.45, 2.75) is 32.2 Å². The third-order valence-electron chi connectivity index (χ3n) is 4.63. The van der Waals surface area contributed by atoms with Gasteiger partial charge in [0.1, 0.15) is 0 Å². The smallest absolute Gasteiger partial charge is 0.220 e. The first kappa shape index (κ1) is 18.3. The number of amides is 1. The van der Waals surface area contributed by atoms with Gasteiger partial charge < -0.3 is 5.32 Å². The van der Waals surface area contributed by atoms with E-state index < -0.39 is 0 Å². The average molecular weight is 377 g/mol. The molecule has 0 radical (unpaired) electrons. The van der Waals surface area contributed by atoms with Gasteiger partial charge in [-0.25, -0.2) is 0 Å². The minimum atomic E-state index is -0.00841. The standard InChI is InChI=1S/C19H24N2O2S2/c22-17(18-4-2-12-25-18)5-6-19(23)20-13-15-7-9-21(10-8-15)14-16-3-1-11-24-16/h1-4,11-12,15H,5-10,13-14H2,(H,20,23). The van der Waals surface area contributed by atoms with Crippen LogP contribution in [0.3, 0.4) is 0 Å². The monoisotopic (exact) mass is 376 g/mol. The van der Waals surface area contributed by atoms with Gasteiger partial charge in [-0.2, -0.15) is 0 Å². The highest BCUT2D eigenvalue weighted by Gasteiger charge is 2.20. The predicted molar refractivity (Wildman–Crippen MR) is 103 cm³/mol. The Morgan fingerprint density at radius 1 is 1.08 bits per heavy atom. The maximum atomic E-state index is 12.0. The molecule has 2 aromatic heterocycles. The fraction of sp³-hybridized carbons (Fsp3) is 0.474. The maximum Gasteiger partial charge on any atom is 0.220 e. The summed E-state index contributed by atoms with van der Waals surface area (Å²) in [4.78, 5) is 28.5. The van der Waals surface area contributed by atoms with E-state index in [1.54, 1.807) is 0 Å². The van der Waals surface area contributed by atoms with Crippen LogP contribution in [0.25, 0.3) is 0 Å². The van der Waals surface area contributed by atoms with E-state index in [9.17, 15) is 9.59 Å². The van der Waals surface area contributed by atoms with Gasteiger partial charge >= 0.3 is 0 Å². The maximum absolute atomic E-state index is 12.0. The molecule has 4 nitrogen and oxygen atoms in total. The Bertz CT molecular complexity index is 660. The van der Waals surface area contributed by atoms with Crippen molar-refractivity contribution in [3.8, 4) is 0 Å². The zero-order chi connectivity index (χ0) is 17.5. The Kier molecular flexibility index (Phi) is 6.78. The Hall–Kier alpha value is -1.50. The molecule has 0 aliphatic carbocycles. The van der Waals surface area contributed by atoms with Crippen LogP contribution in [0.4, 0.5) is 0 Å². The number of thiophene rings is 2. The van der Waals surface area contributed by atoms with Gasteiger partial charge in [0.05, 0.1) is 4.88 Å². The van der Waals surface area contributed by atoms with E-state index in [1.165, 1.54) is 16.2 Å². The van der Waals surface area contributed by atoms with Crippen LogP contribution in [0.5, 0.6) is 0 Å². The van der Waals surface area contributed by atoms with Crippen LogP contribution in [0.2, 0.25) is 0 Å². The number of hydrogen-bond acceptors (Lipinski definition) is 5. The summed E-state index contributed by atoms with van der Waals surface area (Å²) in [6.45, 7) is 3.96. The zero-order valence-electron chi connectivity index (χ0n) is 14.3. The molecular weight excluding hydrogens is 352 g/mol. The van der Waals surface area contributed by atoms with Crippen LogP contribution in [0.1, 0.15) is 40.2 Å². The van der Waals surface area contributed by atoms with E-state index in [0.717, 1.165) is 43.9 Å². The lowest BCUT2D eigenvalue weighted by atomic mass is 9.96. The summed E-state index contributed by atoms with van der Waals surface area (Å²) in [7, 11) is 0. The Morgan fingerprint density at radius 3 is 2.52 bits per heavy atom. The second kappa shape index (κ2) is 9.27. The number of likely N-dealkylation sites (tertiary alicyclic amines) is 1. The van der Waals surface area contributed by atoms with Crippen LogP contribution in [-0.4, -0.2) is 36.2 Å². The molecular formula is C19H24N2O2S2. The summed E-state index contributed by atoms with van der Waals surface area (Å²) in [6, 6.07) is 7.97. The first-order chi connectivity index (χ1) is 12.2. The van der Waals surface area contributed by atoms with Gasteiger partial charge in [0.15, 0.2) is 5.78 Å². The highest BCUT2D eigenvalue weighted by Crippen LogP contribution is 2.20. The number of carbonyl (C=O) groups is 2. The molecule has 1 saturated heterocycles. The van der Waals surface area contributed by atoms with Gasteiger partial charge in [-0.3, -0.25) is 14.5 Å². The predicted octanol–water partition coefficient (Wildman–Crippen LogP) is 3.80. The Morgan fingerprint density at radius 2 is 1.84 bits per heavy atom. The van der Waals surface area contributed by atoms with E-state index in [-0.39, 0.29) is 18.1 Å². The van der Waals surface area contributed by atoms with Gasteiger partial charge in [0.2, 0.25) is 5.91 Å². The van der Waals surface area contributed by atoms with Crippen molar-refractivity contribution >= 4 is 34.4 Å². The molecule has 0 unspecified atom stereocenters. The van der Waals surface area contributed by atoms with E-state index >= 15 is 0 Å². The second-order valence-corrected chi connectivity index (χ2v) is 8.48. The van der Waals surface area contributed by atoms with E-state index in [2.05, 4.69) is 27.7 Å². The quantitative estimate of drug-likeness (QED) is 0.713. The van der Waals surface area contributed by atoms with Crippen molar-refractivity contribution in [2.75, 3.05) is 19.6 Å². The molecule has 1 amide bonds. The third kappa shape index (κ3) is 5.76. The average Bonchev–Trinajstić information content (AvgIpc) is 3.33. The van der Waals surface area contributed by atoms with Gasteiger partial charge in [-0.15, -0.1) is 22.7 Å². The summed E-state index contributed by atoms with van der Waals surface area (Å²) in [5, 5.41) is 7.02. The van der Waals surface area contributed by atoms with Crippen LogP contribution in [0.15, 0.2) is 35.0 Å². The minimum absolute atomic E-state index is 0.00841. The summed E-state index contributed by atoms with van der Waals surface area (Å²) >= 11 is 3.25. The lowest BCUT2D eigenvalue weighted by Gasteiger charge is -2.31. The highest BCUT2D eigenvalue weighted by atomic mass is 32.1. The highest BCUT2D eigenvalue weighted by molar-refractivity contribution is 7.12. The SMILES string of the molecule is O=C(CCC(=O)c1cccs1)NCC1CCN(Cc2cccs2)CC1. The third-order valence-corrected chi connectivity index (χ3v) is 6.40.